The van der Waals surface area contributed by atoms with Gasteiger partial charge in [-0.2, -0.15) is 0 Å². The van der Waals surface area contributed by atoms with Crippen molar-refractivity contribution in [2.45, 2.75) is 33.6 Å². The van der Waals surface area contributed by atoms with Gasteiger partial charge in [-0.3, -0.25) is 14.4 Å². The maximum Gasteiger partial charge on any atom is 0.239 e. The third kappa shape index (κ3) is 1.60. The molecule has 1 amide bonds. The molecule has 0 heterocycles. The van der Waals surface area contributed by atoms with Crippen molar-refractivity contribution in [1.82, 2.24) is 0 Å². The maximum absolute atomic E-state index is 12.9. The van der Waals surface area contributed by atoms with Crippen LogP contribution in [0.25, 0.3) is 0 Å². The number of amides is 1. The second-order valence-electron chi connectivity index (χ2n) is 6.98. The molecule has 0 radical (unpaired) electrons. The number of nitrogens with one attached hydrogen (secondary N) is 1. The van der Waals surface area contributed by atoms with Crippen LogP contribution < -0.4 is 5.32 Å². The molecule has 2 bridgehead atoms. The Hall–Kier alpha value is -1.49. The van der Waals surface area contributed by atoms with Crippen LogP contribution in [0.3, 0.4) is 0 Å². The second kappa shape index (κ2) is 4.51. The van der Waals surface area contributed by atoms with Crippen LogP contribution in [-0.4, -0.2) is 17.5 Å². The van der Waals surface area contributed by atoms with E-state index >= 15 is 0 Å². The number of benzene rings is 1. The molecule has 0 aromatic heterocycles. The molecule has 2 saturated carbocycles. The summed E-state index contributed by atoms with van der Waals surface area (Å²) in [6.45, 7) is 5.54. The van der Waals surface area contributed by atoms with E-state index in [4.69, 9.17) is 0 Å². The van der Waals surface area contributed by atoms with Crippen molar-refractivity contribution in [2.24, 2.45) is 16.2 Å². The molecule has 2 unspecified atom stereocenters. The number of hydrogen-bond acceptors (Lipinski definition) is 3. The molecule has 2 atom stereocenters. The highest BCUT2D eigenvalue weighted by molar-refractivity contribution is 9.10. The second-order valence-corrected chi connectivity index (χ2v) is 7.90. The molecule has 1 N–H and O–H groups in total. The molecule has 22 heavy (non-hydrogen) atoms. The van der Waals surface area contributed by atoms with Crippen LogP contribution >= 0.6 is 15.9 Å². The fraction of sp³-hybridized carbons (Fsp3) is 0.471. The smallest absolute Gasteiger partial charge is 0.239 e. The van der Waals surface area contributed by atoms with Crippen LogP contribution in [0.4, 0.5) is 5.69 Å². The number of carbonyl (C=O) groups excluding carboxylic acids is 3. The SMILES string of the molecule is CC12CCC(C(=O)Nc3ccc(Br)cc3)(C(=O)C1=O)C2(C)C. The molecule has 0 aliphatic heterocycles. The summed E-state index contributed by atoms with van der Waals surface area (Å²) in [5, 5.41) is 2.82. The minimum absolute atomic E-state index is 0.362. The lowest BCUT2D eigenvalue weighted by atomic mass is 9.64. The Morgan fingerprint density at radius 2 is 1.64 bits per heavy atom. The Morgan fingerprint density at radius 3 is 2.14 bits per heavy atom. The van der Waals surface area contributed by atoms with Gasteiger partial charge in [-0.05, 0) is 42.5 Å². The highest BCUT2D eigenvalue weighted by Gasteiger charge is 2.77. The molecule has 1 aromatic carbocycles. The van der Waals surface area contributed by atoms with E-state index in [1.54, 1.807) is 12.1 Å². The van der Waals surface area contributed by atoms with E-state index in [1.165, 1.54) is 0 Å². The topological polar surface area (TPSA) is 63.2 Å². The number of anilines is 1. The Bertz CT molecular complexity index is 694. The van der Waals surface area contributed by atoms with E-state index in [9.17, 15) is 14.4 Å². The number of hydrogen-bond donors (Lipinski definition) is 1. The summed E-state index contributed by atoms with van der Waals surface area (Å²) in [5.41, 5.74) is -2.03. The number of rotatable bonds is 2. The van der Waals surface area contributed by atoms with Gasteiger partial charge in [0.05, 0.1) is 0 Å². The predicted molar refractivity (Wildman–Crippen MR) is 86.3 cm³/mol. The van der Waals surface area contributed by atoms with Gasteiger partial charge in [-0.15, -0.1) is 0 Å². The lowest BCUT2D eigenvalue weighted by molar-refractivity contribution is -0.147. The number of carbonyl (C=O) groups is 3. The van der Waals surface area contributed by atoms with Gasteiger partial charge in [0.15, 0.2) is 0 Å². The summed E-state index contributed by atoms with van der Waals surface area (Å²) >= 11 is 3.34. The standard InChI is InChI=1S/C17H18BrNO3/c1-15(2)16(3)8-9-17(15,13(21)12(16)20)14(22)19-11-6-4-10(18)5-7-11/h4-7H,8-9H2,1-3H3,(H,19,22). The fourth-order valence-corrected chi connectivity index (χ4v) is 4.31. The van der Waals surface area contributed by atoms with E-state index in [0.717, 1.165) is 4.47 Å². The molecular weight excluding hydrogens is 346 g/mol. The van der Waals surface area contributed by atoms with Crippen molar-refractivity contribution < 1.29 is 14.4 Å². The van der Waals surface area contributed by atoms with Crippen LogP contribution in [-0.2, 0) is 14.4 Å². The molecule has 2 aliphatic carbocycles. The van der Waals surface area contributed by atoms with Gasteiger partial charge in [0, 0.05) is 15.6 Å². The first-order valence-corrected chi connectivity index (χ1v) is 8.12. The van der Waals surface area contributed by atoms with Crippen molar-refractivity contribution in [1.29, 1.82) is 0 Å². The largest absolute Gasteiger partial charge is 0.325 e. The monoisotopic (exact) mass is 363 g/mol. The number of Topliss-reactive ketones (excluding diaryl/α,β-unsaturated/α-hetero) is 2. The summed E-state index contributed by atoms with van der Waals surface area (Å²) < 4.78 is 0.907. The molecule has 2 fully saturated rings. The van der Waals surface area contributed by atoms with Crippen molar-refractivity contribution in [2.75, 3.05) is 5.32 Å². The van der Waals surface area contributed by atoms with Crippen molar-refractivity contribution in [3.05, 3.63) is 28.7 Å². The van der Waals surface area contributed by atoms with Crippen molar-refractivity contribution >= 4 is 39.1 Å². The molecular formula is C17H18BrNO3. The highest BCUT2D eigenvalue weighted by atomic mass is 79.9. The molecule has 0 spiro atoms. The summed E-state index contributed by atoms with van der Waals surface area (Å²) in [6, 6.07) is 7.17. The summed E-state index contributed by atoms with van der Waals surface area (Å²) in [5.74, 6) is -1.28. The van der Waals surface area contributed by atoms with E-state index < -0.39 is 27.8 Å². The zero-order chi connectivity index (χ0) is 16.3. The molecule has 2 aliphatic rings. The van der Waals surface area contributed by atoms with Crippen LogP contribution in [0.5, 0.6) is 0 Å². The lowest BCUT2D eigenvalue weighted by Crippen LogP contribution is -2.47. The predicted octanol–water partition coefficient (Wildman–Crippen LogP) is 3.35. The summed E-state index contributed by atoms with van der Waals surface area (Å²) in [4.78, 5) is 37.8. The molecule has 0 saturated heterocycles. The Morgan fingerprint density at radius 1 is 1.05 bits per heavy atom. The molecule has 5 heteroatoms. The fourth-order valence-electron chi connectivity index (χ4n) is 4.04. The average Bonchev–Trinajstić information content (AvgIpc) is 2.74. The highest BCUT2D eigenvalue weighted by Crippen LogP contribution is 2.69. The van der Waals surface area contributed by atoms with Crippen molar-refractivity contribution in [3.8, 4) is 0 Å². The molecule has 1 aromatic rings. The Kier molecular flexibility index (Phi) is 3.16. The first-order chi connectivity index (χ1) is 10.2. The van der Waals surface area contributed by atoms with E-state index in [1.807, 2.05) is 32.9 Å². The van der Waals surface area contributed by atoms with Gasteiger partial charge in [0.1, 0.15) is 5.41 Å². The van der Waals surface area contributed by atoms with Crippen molar-refractivity contribution in [3.63, 3.8) is 0 Å². The molecule has 4 nitrogen and oxygen atoms in total. The van der Waals surface area contributed by atoms with Crippen LogP contribution in [0.1, 0.15) is 33.6 Å². The minimum atomic E-state index is -1.24. The number of ketones is 2. The zero-order valence-electron chi connectivity index (χ0n) is 12.8. The normalized spacial score (nSPS) is 32.4. The van der Waals surface area contributed by atoms with E-state index in [2.05, 4.69) is 21.2 Å². The van der Waals surface area contributed by atoms with Gasteiger partial charge in [0.2, 0.25) is 17.5 Å². The minimum Gasteiger partial charge on any atom is -0.325 e. The third-order valence-corrected chi connectivity index (χ3v) is 6.56. The molecule has 3 rings (SSSR count). The Labute approximate surface area is 137 Å². The third-order valence-electron chi connectivity index (χ3n) is 6.03. The van der Waals surface area contributed by atoms with Crippen LogP contribution in [0.15, 0.2) is 28.7 Å². The summed E-state index contributed by atoms with van der Waals surface area (Å²) in [6.07, 6.45) is 1.02. The lowest BCUT2D eigenvalue weighted by Gasteiger charge is -2.37. The van der Waals surface area contributed by atoms with Gasteiger partial charge >= 0.3 is 0 Å². The Balaban J connectivity index is 1.99. The summed E-state index contributed by atoms with van der Waals surface area (Å²) in [7, 11) is 0. The van der Waals surface area contributed by atoms with Crippen LogP contribution in [0.2, 0.25) is 0 Å². The van der Waals surface area contributed by atoms with Crippen LogP contribution in [0, 0.1) is 16.2 Å². The average molecular weight is 364 g/mol. The first kappa shape index (κ1) is 15.4. The number of fused-ring (bicyclic) bond motifs is 2. The van der Waals surface area contributed by atoms with E-state index in [-0.39, 0.29) is 5.91 Å². The van der Waals surface area contributed by atoms with Gasteiger partial charge in [-0.25, -0.2) is 0 Å². The van der Waals surface area contributed by atoms with Gasteiger partial charge in [-0.1, -0.05) is 36.7 Å². The zero-order valence-corrected chi connectivity index (χ0v) is 14.4. The maximum atomic E-state index is 12.9. The van der Waals surface area contributed by atoms with E-state index in [0.29, 0.717) is 18.5 Å². The quantitative estimate of drug-likeness (QED) is 0.647. The van der Waals surface area contributed by atoms with Gasteiger partial charge < -0.3 is 5.32 Å². The number of halogens is 1. The van der Waals surface area contributed by atoms with Gasteiger partial charge in [0.25, 0.3) is 0 Å². The molecule has 116 valence electrons. The first-order valence-electron chi connectivity index (χ1n) is 7.33.